The summed E-state index contributed by atoms with van der Waals surface area (Å²) in [5.74, 6) is 0. The van der Waals surface area contributed by atoms with Gasteiger partial charge in [0.25, 0.3) is 0 Å². The zero-order valence-corrected chi connectivity index (χ0v) is 14.9. The van der Waals surface area contributed by atoms with E-state index in [1.54, 1.807) is 13.8 Å². The van der Waals surface area contributed by atoms with Crippen LogP contribution in [0.5, 0.6) is 0 Å². The molecule has 1 aromatic carbocycles. The Morgan fingerprint density at radius 2 is 1.86 bits per heavy atom. The van der Waals surface area contributed by atoms with Gasteiger partial charge in [-0.2, -0.15) is 0 Å². The van der Waals surface area contributed by atoms with Crippen molar-refractivity contribution in [2.45, 2.75) is 20.0 Å². The summed E-state index contributed by atoms with van der Waals surface area (Å²) in [4.78, 5) is 14.6. The SMILES string of the molecule is CCOP(=O)(Cc1cc(=O)[nH]c2cc(I)ccc12)OCC. The summed E-state index contributed by atoms with van der Waals surface area (Å²) in [6, 6.07) is 7.19. The van der Waals surface area contributed by atoms with Crippen molar-refractivity contribution in [2.24, 2.45) is 0 Å². The fraction of sp³-hybridized carbons (Fsp3) is 0.357. The van der Waals surface area contributed by atoms with E-state index in [1.165, 1.54) is 6.07 Å². The van der Waals surface area contributed by atoms with Crippen LogP contribution in [0.25, 0.3) is 10.9 Å². The molecule has 0 atom stereocenters. The molecule has 0 unspecified atom stereocenters. The first kappa shape index (κ1) is 16.7. The van der Waals surface area contributed by atoms with Crippen molar-refractivity contribution in [1.29, 1.82) is 0 Å². The molecule has 5 nitrogen and oxygen atoms in total. The number of pyridine rings is 1. The molecule has 2 rings (SSSR count). The maximum atomic E-state index is 12.6. The summed E-state index contributed by atoms with van der Waals surface area (Å²) < 4.78 is 24.3. The van der Waals surface area contributed by atoms with Crippen LogP contribution in [0.2, 0.25) is 0 Å². The Labute approximate surface area is 136 Å². The van der Waals surface area contributed by atoms with Crippen molar-refractivity contribution >= 4 is 41.1 Å². The average Bonchev–Trinajstić information content (AvgIpc) is 2.38. The number of hydrogen-bond donors (Lipinski definition) is 1. The van der Waals surface area contributed by atoms with E-state index in [0.717, 1.165) is 14.5 Å². The van der Waals surface area contributed by atoms with Gasteiger partial charge in [0.2, 0.25) is 5.56 Å². The number of aromatic amines is 1. The van der Waals surface area contributed by atoms with E-state index in [-0.39, 0.29) is 11.7 Å². The topological polar surface area (TPSA) is 68.4 Å². The Kier molecular flexibility index (Phi) is 5.60. The smallest absolute Gasteiger partial charge is 0.322 e. The molecule has 0 fully saturated rings. The summed E-state index contributed by atoms with van der Waals surface area (Å²) in [6.07, 6.45) is 0.0929. The molecule has 0 amide bonds. The van der Waals surface area contributed by atoms with Gasteiger partial charge in [-0.3, -0.25) is 9.36 Å². The van der Waals surface area contributed by atoms with Crippen LogP contribution in [0.1, 0.15) is 19.4 Å². The van der Waals surface area contributed by atoms with Crippen LogP contribution in [-0.4, -0.2) is 18.2 Å². The average molecular weight is 421 g/mol. The van der Waals surface area contributed by atoms with Crippen LogP contribution in [0, 0.1) is 3.57 Å². The van der Waals surface area contributed by atoms with Crippen molar-refractivity contribution in [3.8, 4) is 0 Å². The fourth-order valence-corrected chi connectivity index (χ4v) is 4.38. The molecular weight excluding hydrogens is 404 g/mol. The quantitative estimate of drug-likeness (QED) is 0.568. The third kappa shape index (κ3) is 4.16. The highest BCUT2D eigenvalue weighted by molar-refractivity contribution is 14.1. The van der Waals surface area contributed by atoms with Crippen molar-refractivity contribution in [3.63, 3.8) is 0 Å². The molecule has 0 aliphatic carbocycles. The summed E-state index contributed by atoms with van der Waals surface area (Å²) in [5.41, 5.74) is 1.18. The van der Waals surface area contributed by atoms with Crippen LogP contribution in [0.15, 0.2) is 29.1 Å². The monoisotopic (exact) mass is 421 g/mol. The Bertz CT molecular complexity index is 733. The Hall–Kier alpha value is -0.690. The summed E-state index contributed by atoms with van der Waals surface area (Å²) in [6.45, 7) is 4.14. The molecule has 1 heterocycles. The first-order valence-corrected chi connectivity index (χ1v) is 9.47. The number of halogens is 1. The zero-order valence-electron chi connectivity index (χ0n) is 11.9. The Balaban J connectivity index is 2.50. The minimum Gasteiger partial charge on any atom is -0.322 e. The van der Waals surface area contributed by atoms with Crippen LogP contribution < -0.4 is 5.56 Å². The van der Waals surface area contributed by atoms with Crippen molar-refractivity contribution in [3.05, 3.63) is 43.8 Å². The lowest BCUT2D eigenvalue weighted by molar-refractivity contribution is 0.219. The summed E-state index contributed by atoms with van der Waals surface area (Å²) in [7, 11) is -3.23. The molecule has 0 spiro atoms. The Morgan fingerprint density at radius 3 is 2.48 bits per heavy atom. The van der Waals surface area contributed by atoms with E-state index in [4.69, 9.17) is 9.05 Å². The highest BCUT2D eigenvalue weighted by Gasteiger charge is 2.25. The van der Waals surface area contributed by atoms with E-state index >= 15 is 0 Å². The number of fused-ring (bicyclic) bond motifs is 1. The van der Waals surface area contributed by atoms with Gasteiger partial charge >= 0.3 is 7.60 Å². The van der Waals surface area contributed by atoms with Crippen molar-refractivity contribution in [2.75, 3.05) is 13.2 Å². The fourth-order valence-electron chi connectivity index (χ4n) is 2.17. The minimum absolute atomic E-state index is 0.0929. The van der Waals surface area contributed by atoms with E-state index in [1.807, 2.05) is 18.2 Å². The van der Waals surface area contributed by atoms with Gasteiger partial charge in [0.15, 0.2) is 0 Å². The number of hydrogen-bond acceptors (Lipinski definition) is 4. The van der Waals surface area contributed by atoms with E-state index < -0.39 is 7.60 Å². The highest BCUT2D eigenvalue weighted by atomic mass is 127. The van der Waals surface area contributed by atoms with Crippen LogP contribution in [0.4, 0.5) is 0 Å². The van der Waals surface area contributed by atoms with Gasteiger partial charge in [-0.15, -0.1) is 0 Å². The second-order valence-electron chi connectivity index (χ2n) is 4.45. The predicted octanol–water partition coefficient (Wildman–Crippen LogP) is 3.90. The lowest BCUT2D eigenvalue weighted by Crippen LogP contribution is -2.08. The minimum atomic E-state index is -3.23. The van der Waals surface area contributed by atoms with Crippen LogP contribution >= 0.6 is 30.2 Å². The lowest BCUT2D eigenvalue weighted by Gasteiger charge is -2.17. The summed E-state index contributed by atoms with van der Waals surface area (Å²) in [5, 5.41) is 0.856. The molecule has 2 aromatic rings. The maximum absolute atomic E-state index is 12.6. The molecule has 1 aromatic heterocycles. The second kappa shape index (κ2) is 7.05. The van der Waals surface area contributed by atoms with Gasteiger partial charge in [0.05, 0.1) is 19.4 Å². The van der Waals surface area contributed by atoms with Gasteiger partial charge in [0, 0.05) is 20.5 Å². The van der Waals surface area contributed by atoms with Gasteiger partial charge in [-0.25, -0.2) is 0 Å². The molecule has 1 N–H and O–H groups in total. The molecule has 0 saturated carbocycles. The molecule has 21 heavy (non-hydrogen) atoms. The summed E-state index contributed by atoms with van der Waals surface area (Å²) >= 11 is 2.18. The third-order valence-electron chi connectivity index (χ3n) is 2.91. The van der Waals surface area contributed by atoms with Crippen molar-refractivity contribution in [1.82, 2.24) is 4.98 Å². The predicted molar refractivity (Wildman–Crippen MR) is 91.8 cm³/mol. The van der Waals surface area contributed by atoms with Crippen molar-refractivity contribution < 1.29 is 13.6 Å². The molecule has 114 valence electrons. The third-order valence-corrected chi connectivity index (χ3v) is 5.61. The first-order valence-electron chi connectivity index (χ1n) is 6.67. The number of benzene rings is 1. The lowest BCUT2D eigenvalue weighted by atomic mass is 10.1. The molecule has 0 aliphatic rings. The molecular formula is C14H17INO4P. The first-order chi connectivity index (χ1) is 9.97. The normalized spacial score (nSPS) is 12.0. The van der Waals surface area contributed by atoms with Crippen LogP contribution in [-0.2, 0) is 19.8 Å². The maximum Gasteiger partial charge on any atom is 0.335 e. The molecule has 7 heteroatoms. The van der Waals surface area contributed by atoms with E-state index in [9.17, 15) is 9.36 Å². The van der Waals surface area contributed by atoms with E-state index in [0.29, 0.717) is 18.8 Å². The molecule has 0 aliphatic heterocycles. The number of H-pyrrole nitrogens is 1. The molecule has 0 radical (unpaired) electrons. The number of rotatable bonds is 6. The molecule has 0 bridgehead atoms. The standard InChI is InChI=1S/C14H17INO4P/c1-3-19-21(18,20-4-2)9-10-7-14(17)16-13-8-11(15)5-6-12(10)13/h5-8H,3-4,9H2,1-2H3,(H,16,17). The highest BCUT2D eigenvalue weighted by Crippen LogP contribution is 2.51. The zero-order chi connectivity index (χ0) is 15.5. The van der Waals surface area contributed by atoms with Gasteiger partial charge in [-0.1, -0.05) is 6.07 Å². The second-order valence-corrected chi connectivity index (χ2v) is 7.75. The number of nitrogens with one attached hydrogen (secondary N) is 1. The van der Waals surface area contributed by atoms with Gasteiger partial charge in [-0.05, 0) is 54.1 Å². The van der Waals surface area contributed by atoms with Gasteiger partial charge in [0.1, 0.15) is 0 Å². The van der Waals surface area contributed by atoms with E-state index in [2.05, 4.69) is 27.6 Å². The number of aromatic nitrogens is 1. The Morgan fingerprint density at radius 1 is 1.19 bits per heavy atom. The largest absolute Gasteiger partial charge is 0.335 e. The van der Waals surface area contributed by atoms with Gasteiger partial charge < -0.3 is 14.0 Å². The molecule has 0 saturated heterocycles. The van der Waals surface area contributed by atoms with Crippen LogP contribution in [0.3, 0.4) is 0 Å².